The molecule has 1 aromatic rings. The van der Waals surface area contributed by atoms with Crippen molar-refractivity contribution in [1.82, 2.24) is 10.6 Å². The minimum absolute atomic E-state index is 0.0604. The number of thiol groups is 2. The van der Waals surface area contributed by atoms with Crippen LogP contribution in [0.5, 0.6) is 0 Å². The number of guanidine groups is 2. The van der Waals surface area contributed by atoms with E-state index in [1.54, 1.807) is 24.3 Å². The zero-order valence-electron chi connectivity index (χ0n) is 21.0. The molecule has 0 aliphatic rings. The molecular weight excluding hydrogens is 532 g/mol. The van der Waals surface area contributed by atoms with Crippen molar-refractivity contribution in [2.24, 2.45) is 22.2 Å². The number of quaternary nitrogens is 1. The first-order chi connectivity index (χ1) is 18.0. The van der Waals surface area contributed by atoms with Crippen molar-refractivity contribution < 1.29 is 29.9 Å². The summed E-state index contributed by atoms with van der Waals surface area (Å²) in [5.74, 6) is -1.59. The summed E-state index contributed by atoms with van der Waals surface area (Å²) in [7, 11) is 0. The minimum Gasteiger partial charge on any atom is -0.370 e. The Bertz CT molecular complexity index is 938. The number of nitrogens with two attached hydrogens (primary N) is 3. The van der Waals surface area contributed by atoms with Crippen LogP contribution >= 0.6 is 25.3 Å². The third-order valence-corrected chi connectivity index (χ3v) is 5.53. The molecule has 1 rings (SSSR count). The van der Waals surface area contributed by atoms with Crippen LogP contribution in [-0.2, 0) is 19.2 Å². The highest BCUT2D eigenvalue weighted by Crippen LogP contribution is 2.17. The summed E-state index contributed by atoms with van der Waals surface area (Å²) >= 11 is 7.88. The smallest absolute Gasteiger partial charge is 0.370 e. The second kappa shape index (κ2) is 17.9. The standard InChI is InChI=1S/C22H36N10O4S2/c23-21(24)27-8-2-6-15(31-17(33)11-37)19(35)29-13-4-1-5-14(10-13)30-20(36)16(32-18(34)12-38)7-3-9-28-22(25)26/h1,4-5,10,15-16,37-38H,2-3,6-9,11-12H2,(H,29,35)(H,30,36)(H,31,33)(H,32,34)(H4,23,24,27)(H4,25,26,28)/p+2. The molecule has 14 nitrogen and oxygen atoms in total. The van der Waals surface area contributed by atoms with Crippen LogP contribution in [0.4, 0.5) is 11.4 Å². The highest BCUT2D eigenvalue weighted by Gasteiger charge is 2.22. The van der Waals surface area contributed by atoms with Gasteiger partial charge in [0.2, 0.25) is 23.6 Å². The molecule has 2 atom stereocenters. The third kappa shape index (κ3) is 13.7. The summed E-state index contributed by atoms with van der Waals surface area (Å²) in [5, 5.41) is 10.7. The first kappa shape index (κ1) is 32.5. The molecule has 4 amide bonds. The van der Waals surface area contributed by atoms with E-state index in [-0.39, 0.29) is 29.8 Å². The van der Waals surface area contributed by atoms with Crippen molar-refractivity contribution in [2.45, 2.75) is 37.8 Å². The Kier molecular flexibility index (Phi) is 15.3. The zero-order valence-corrected chi connectivity index (χ0v) is 22.8. The van der Waals surface area contributed by atoms with Gasteiger partial charge < -0.3 is 32.7 Å². The van der Waals surface area contributed by atoms with Crippen LogP contribution in [0, 0.1) is 0 Å². The average Bonchev–Trinajstić information content (AvgIpc) is 2.87. The monoisotopic (exact) mass is 570 g/mol. The third-order valence-electron chi connectivity index (χ3n) is 4.96. The van der Waals surface area contributed by atoms with Gasteiger partial charge >= 0.3 is 5.96 Å². The molecule has 38 heavy (non-hydrogen) atoms. The number of rotatable bonds is 16. The van der Waals surface area contributed by atoms with Gasteiger partial charge in [0, 0.05) is 17.9 Å². The van der Waals surface area contributed by atoms with Crippen molar-refractivity contribution in [1.29, 1.82) is 0 Å². The largest absolute Gasteiger partial charge is 0.434 e. The molecular formula is C22H38N10O4S2+2. The number of carbonyl (C=O) groups excluding carboxylic acids is 4. The molecule has 14 N–H and O–H groups in total. The number of nitrogens with zero attached hydrogens (tertiary/aromatic N) is 1. The van der Waals surface area contributed by atoms with Crippen LogP contribution in [0.15, 0.2) is 29.3 Å². The van der Waals surface area contributed by atoms with E-state index >= 15 is 0 Å². The predicted molar refractivity (Wildman–Crippen MR) is 152 cm³/mol. The van der Waals surface area contributed by atoms with Crippen molar-refractivity contribution >= 4 is 72.2 Å². The molecule has 0 radical (unpaired) electrons. The number of benzene rings is 1. The van der Waals surface area contributed by atoms with Gasteiger partial charge in [-0.05, 0) is 43.9 Å². The molecule has 0 bridgehead atoms. The number of carbonyl (C=O) groups is 4. The summed E-state index contributed by atoms with van der Waals surface area (Å²) in [4.78, 5) is 56.2. The highest BCUT2D eigenvalue weighted by molar-refractivity contribution is 7.81. The van der Waals surface area contributed by atoms with Gasteiger partial charge in [-0.2, -0.15) is 25.3 Å². The van der Waals surface area contributed by atoms with Gasteiger partial charge in [0.1, 0.15) is 12.1 Å². The van der Waals surface area contributed by atoms with Crippen LogP contribution in [-0.4, -0.2) is 72.2 Å². The van der Waals surface area contributed by atoms with Crippen LogP contribution < -0.4 is 49.2 Å². The number of amides is 4. The summed E-state index contributed by atoms with van der Waals surface area (Å²) in [5.41, 5.74) is 20.5. The molecule has 0 saturated heterocycles. The van der Waals surface area contributed by atoms with Crippen LogP contribution in [0.1, 0.15) is 25.7 Å². The normalized spacial score (nSPS) is 12.6. The van der Waals surface area contributed by atoms with Gasteiger partial charge in [-0.3, -0.25) is 29.9 Å². The molecule has 0 aliphatic carbocycles. The number of anilines is 2. The highest BCUT2D eigenvalue weighted by atomic mass is 32.1. The molecule has 16 heteroatoms. The van der Waals surface area contributed by atoms with E-state index in [4.69, 9.17) is 17.2 Å². The van der Waals surface area contributed by atoms with Gasteiger partial charge in [-0.1, -0.05) is 6.07 Å². The molecule has 1 aromatic carbocycles. The van der Waals surface area contributed by atoms with Gasteiger partial charge in [-0.25, -0.2) is 10.7 Å². The Morgan fingerprint density at radius 3 is 1.84 bits per heavy atom. The fraction of sp³-hybridized carbons (Fsp3) is 0.455. The number of hydrogen-bond donors (Lipinski definition) is 11. The van der Waals surface area contributed by atoms with Crippen LogP contribution in [0.3, 0.4) is 0 Å². The summed E-state index contributed by atoms with van der Waals surface area (Å²) < 4.78 is 0. The molecule has 2 unspecified atom stereocenters. The fourth-order valence-electron chi connectivity index (χ4n) is 3.21. The van der Waals surface area contributed by atoms with E-state index < -0.39 is 29.8 Å². The Morgan fingerprint density at radius 1 is 0.895 bits per heavy atom. The quantitative estimate of drug-likeness (QED) is 0.0405. The SMILES string of the molecule is NC(N)=NCCCC(NC(=O)CS)C(=O)Nc1cccc(NC(=O)C(CCC[NH+]=C(N)[NH3+])NC(=O)CS)c1. The first-order valence-corrected chi connectivity index (χ1v) is 13.1. The molecule has 0 saturated carbocycles. The molecule has 210 valence electrons. The van der Waals surface area contributed by atoms with E-state index in [9.17, 15) is 19.2 Å². The fourth-order valence-corrected chi connectivity index (χ4v) is 3.39. The van der Waals surface area contributed by atoms with E-state index in [0.717, 1.165) is 0 Å². The van der Waals surface area contributed by atoms with Crippen molar-refractivity contribution in [3.05, 3.63) is 24.3 Å². The molecule has 0 aliphatic heterocycles. The Labute approximate surface area is 232 Å². The summed E-state index contributed by atoms with van der Waals surface area (Å²) in [6.45, 7) is 0.778. The maximum atomic E-state index is 12.9. The van der Waals surface area contributed by atoms with E-state index in [1.807, 2.05) is 0 Å². The van der Waals surface area contributed by atoms with E-state index in [1.165, 1.54) is 0 Å². The zero-order chi connectivity index (χ0) is 28.5. The average molecular weight is 571 g/mol. The van der Waals surface area contributed by atoms with Gasteiger partial charge in [0.05, 0.1) is 18.1 Å². The number of nitrogens with one attached hydrogen (secondary N) is 5. The second-order valence-corrected chi connectivity index (χ2v) is 8.79. The maximum absolute atomic E-state index is 12.9. The lowest BCUT2D eigenvalue weighted by atomic mass is 10.1. The van der Waals surface area contributed by atoms with Crippen LogP contribution in [0.25, 0.3) is 0 Å². The lowest BCUT2D eigenvalue weighted by Crippen LogP contribution is -2.88. The van der Waals surface area contributed by atoms with Crippen molar-refractivity contribution in [3.63, 3.8) is 0 Å². The number of aliphatic imine (C=N–C) groups is 1. The molecule has 0 spiro atoms. The molecule has 0 heterocycles. The first-order valence-electron chi connectivity index (χ1n) is 11.8. The topological polar surface area (TPSA) is 248 Å². The number of hydrogen-bond acceptors (Lipinski definition) is 7. The molecule has 0 fully saturated rings. The van der Waals surface area contributed by atoms with Gasteiger partial charge in [0.15, 0.2) is 5.96 Å². The molecule has 0 aromatic heterocycles. The van der Waals surface area contributed by atoms with Crippen molar-refractivity contribution in [2.75, 3.05) is 35.2 Å². The summed E-state index contributed by atoms with van der Waals surface area (Å²) in [6.07, 6.45) is 1.62. The van der Waals surface area contributed by atoms with E-state index in [0.29, 0.717) is 49.7 Å². The van der Waals surface area contributed by atoms with Gasteiger partial charge in [0.25, 0.3) is 0 Å². The lowest BCUT2D eigenvalue weighted by molar-refractivity contribution is -0.504. The van der Waals surface area contributed by atoms with Crippen molar-refractivity contribution in [3.8, 4) is 0 Å². The Balaban J connectivity index is 2.89. The van der Waals surface area contributed by atoms with Gasteiger partial charge in [-0.15, -0.1) is 0 Å². The predicted octanol–water partition coefficient (Wildman–Crippen LogP) is -4.14. The van der Waals surface area contributed by atoms with Crippen LogP contribution in [0.2, 0.25) is 0 Å². The summed E-state index contributed by atoms with van der Waals surface area (Å²) in [6, 6.07) is 4.82. The maximum Gasteiger partial charge on any atom is 0.434 e. The second-order valence-electron chi connectivity index (χ2n) is 8.16. The Morgan fingerprint density at radius 2 is 1.39 bits per heavy atom. The lowest BCUT2D eigenvalue weighted by Gasteiger charge is -2.19. The minimum atomic E-state index is -0.846. The Hall–Kier alpha value is -3.50. The van der Waals surface area contributed by atoms with E-state index in [2.05, 4.69) is 62.2 Å².